The van der Waals surface area contributed by atoms with Gasteiger partial charge < -0.3 is 14.4 Å². The van der Waals surface area contributed by atoms with Crippen molar-refractivity contribution < 1.29 is 23.4 Å². The molecule has 6 heteroatoms. The lowest BCUT2D eigenvalue weighted by Gasteiger charge is -2.10. The van der Waals surface area contributed by atoms with Crippen molar-refractivity contribution in [2.45, 2.75) is 6.61 Å². The fourth-order valence-electron chi connectivity index (χ4n) is 2.46. The molecule has 4 nitrogen and oxygen atoms in total. The Kier molecular flexibility index (Phi) is 3.73. The third-order valence-electron chi connectivity index (χ3n) is 3.64. The number of benzene rings is 2. The summed E-state index contributed by atoms with van der Waals surface area (Å²) in [5.74, 6) is -3.68. The summed E-state index contributed by atoms with van der Waals surface area (Å²) in [5.41, 5.74) is 0.970. The molecule has 118 valence electrons. The van der Waals surface area contributed by atoms with E-state index in [1.807, 2.05) is 6.07 Å². The number of aromatic nitrogens is 1. The van der Waals surface area contributed by atoms with Crippen LogP contribution >= 0.6 is 0 Å². The van der Waals surface area contributed by atoms with E-state index < -0.39 is 17.6 Å². The zero-order valence-electron chi connectivity index (χ0n) is 12.2. The molecule has 0 amide bonds. The predicted octanol–water partition coefficient (Wildman–Crippen LogP) is 3.73. The average Bonchev–Trinajstić information content (AvgIpc) is 2.86. The zero-order valence-corrected chi connectivity index (χ0v) is 12.2. The van der Waals surface area contributed by atoms with Crippen molar-refractivity contribution in [1.82, 2.24) is 4.57 Å². The van der Waals surface area contributed by atoms with Gasteiger partial charge in [-0.3, -0.25) is 0 Å². The summed E-state index contributed by atoms with van der Waals surface area (Å²) >= 11 is 0. The second-order valence-corrected chi connectivity index (χ2v) is 5.10. The molecule has 3 rings (SSSR count). The molecule has 1 N–H and O–H groups in total. The summed E-state index contributed by atoms with van der Waals surface area (Å²) in [4.78, 5) is 11.2. The number of hydrogen-bond acceptors (Lipinski definition) is 2. The summed E-state index contributed by atoms with van der Waals surface area (Å²) in [6.45, 7) is 0.0492. The highest BCUT2D eigenvalue weighted by Gasteiger charge is 2.21. The molecule has 23 heavy (non-hydrogen) atoms. The number of carboxylic acids is 1. The first kappa shape index (κ1) is 15.0. The highest BCUT2D eigenvalue weighted by molar-refractivity contribution is 5.97. The minimum Gasteiger partial charge on any atom is -0.485 e. The van der Waals surface area contributed by atoms with Gasteiger partial charge in [-0.25, -0.2) is 9.18 Å². The van der Waals surface area contributed by atoms with Gasteiger partial charge in [-0.05, 0) is 11.6 Å². The van der Waals surface area contributed by atoms with Crippen LogP contribution in [0.1, 0.15) is 16.1 Å². The molecule has 0 aliphatic carbocycles. The van der Waals surface area contributed by atoms with Crippen molar-refractivity contribution in [2.24, 2.45) is 7.05 Å². The maximum Gasteiger partial charge on any atom is 0.352 e. The van der Waals surface area contributed by atoms with Crippen LogP contribution in [0.3, 0.4) is 0 Å². The Morgan fingerprint density at radius 1 is 1.22 bits per heavy atom. The number of fused-ring (bicyclic) bond motifs is 1. The van der Waals surface area contributed by atoms with E-state index in [1.54, 1.807) is 24.3 Å². The van der Waals surface area contributed by atoms with Crippen molar-refractivity contribution in [3.05, 3.63) is 65.4 Å². The van der Waals surface area contributed by atoms with Crippen LogP contribution in [0.5, 0.6) is 5.75 Å². The first-order valence-electron chi connectivity index (χ1n) is 6.86. The van der Waals surface area contributed by atoms with Gasteiger partial charge in [0.2, 0.25) is 5.82 Å². The molecule has 0 saturated heterocycles. The number of nitrogens with zero attached hydrogens (tertiary/aromatic N) is 1. The monoisotopic (exact) mass is 317 g/mol. The van der Waals surface area contributed by atoms with Crippen LogP contribution in [0.15, 0.2) is 42.5 Å². The molecule has 1 heterocycles. The Balaban J connectivity index is 2.09. The summed E-state index contributed by atoms with van der Waals surface area (Å²) in [6.07, 6.45) is 0. The average molecular weight is 317 g/mol. The van der Waals surface area contributed by atoms with Crippen molar-refractivity contribution in [1.29, 1.82) is 0 Å². The molecule has 0 bridgehead atoms. The first-order chi connectivity index (χ1) is 11.0. The predicted molar refractivity (Wildman–Crippen MR) is 80.6 cm³/mol. The molecule has 0 unspecified atom stereocenters. The molecule has 0 saturated carbocycles. The topological polar surface area (TPSA) is 51.5 Å². The molecular formula is C17H13F2NO3. The SMILES string of the molecule is Cn1c(C(=O)O)cc2c(OCc3ccccc3)c(F)c(F)cc21. The lowest BCUT2D eigenvalue weighted by atomic mass is 10.2. The van der Waals surface area contributed by atoms with Gasteiger partial charge in [0.15, 0.2) is 11.6 Å². The quantitative estimate of drug-likeness (QED) is 0.797. The number of carboxylic acid groups (broad SMARTS) is 1. The van der Waals surface area contributed by atoms with Crippen LogP contribution in [-0.2, 0) is 13.7 Å². The molecule has 0 aliphatic rings. The van der Waals surface area contributed by atoms with E-state index in [0.29, 0.717) is 0 Å². The van der Waals surface area contributed by atoms with E-state index in [9.17, 15) is 13.6 Å². The maximum absolute atomic E-state index is 14.1. The van der Waals surface area contributed by atoms with Crippen LogP contribution in [-0.4, -0.2) is 15.6 Å². The first-order valence-corrected chi connectivity index (χ1v) is 6.86. The number of aromatic carboxylic acids is 1. The van der Waals surface area contributed by atoms with E-state index in [4.69, 9.17) is 9.84 Å². The number of rotatable bonds is 4. The Morgan fingerprint density at radius 3 is 2.57 bits per heavy atom. The van der Waals surface area contributed by atoms with Crippen molar-refractivity contribution in [2.75, 3.05) is 0 Å². The number of ether oxygens (including phenoxy) is 1. The number of halogens is 2. The van der Waals surface area contributed by atoms with Gasteiger partial charge in [-0.1, -0.05) is 30.3 Å². The van der Waals surface area contributed by atoms with Crippen LogP contribution in [0.4, 0.5) is 8.78 Å². The molecule has 1 aromatic heterocycles. The Hall–Kier alpha value is -2.89. The number of carbonyl (C=O) groups is 1. The Morgan fingerprint density at radius 2 is 1.91 bits per heavy atom. The largest absolute Gasteiger partial charge is 0.485 e. The normalized spacial score (nSPS) is 10.9. The van der Waals surface area contributed by atoms with Crippen LogP contribution < -0.4 is 4.74 Å². The lowest BCUT2D eigenvalue weighted by molar-refractivity contribution is 0.0687. The lowest BCUT2D eigenvalue weighted by Crippen LogP contribution is -2.04. The summed E-state index contributed by atoms with van der Waals surface area (Å²) in [5, 5.41) is 9.38. The molecule has 0 atom stereocenters. The summed E-state index contributed by atoms with van der Waals surface area (Å²) < 4.78 is 34.7. The van der Waals surface area contributed by atoms with Crippen LogP contribution in [0, 0.1) is 11.6 Å². The van der Waals surface area contributed by atoms with Gasteiger partial charge in [0, 0.05) is 18.5 Å². The Bertz CT molecular complexity index is 888. The van der Waals surface area contributed by atoms with Gasteiger partial charge >= 0.3 is 5.97 Å². The molecular weight excluding hydrogens is 304 g/mol. The minimum absolute atomic E-state index is 0.0492. The summed E-state index contributed by atoms with van der Waals surface area (Å²) in [7, 11) is 1.48. The highest BCUT2D eigenvalue weighted by Crippen LogP contribution is 2.33. The number of hydrogen-bond donors (Lipinski definition) is 1. The minimum atomic E-state index is -1.18. The highest BCUT2D eigenvalue weighted by atomic mass is 19.2. The third-order valence-corrected chi connectivity index (χ3v) is 3.64. The summed E-state index contributed by atoms with van der Waals surface area (Å²) in [6, 6.07) is 11.3. The van der Waals surface area contributed by atoms with Gasteiger partial charge in [0.25, 0.3) is 0 Å². The smallest absolute Gasteiger partial charge is 0.352 e. The van der Waals surface area contributed by atoms with Gasteiger partial charge in [-0.2, -0.15) is 4.39 Å². The Labute approximate surface area is 130 Å². The van der Waals surface area contributed by atoms with Gasteiger partial charge in [0.05, 0.1) is 5.52 Å². The number of aryl methyl sites for hydroxylation is 1. The molecule has 2 aromatic carbocycles. The van der Waals surface area contributed by atoms with Crippen LogP contribution in [0.25, 0.3) is 10.9 Å². The van der Waals surface area contributed by atoms with Crippen molar-refractivity contribution in [3.8, 4) is 5.75 Å². The van der Waals surface area contributed by atoms with E-state index in [0.717, 1.165) is 11.6 Å². The van der Waals surface area contributed by atoms with Crippen LogP contribution in [0.2, 0.25) is 0 Å². The van der Waals surface area contributed by atoms with Crippen molar-refractivity contribution in [3.63, 3.8) is 0 Å². The molecule has 0 spiro atoms. The van der Waals surface area contributed by atoms with Crippen molar-refractivity contribution >= 4 is 16.9 Å². The second-order valence-electron chi connectivity index (χ2n) is 5.10. The second kappa shape index (κ2) is 5.72. The van der Waals surface area contributed by atoms with E-state index in [-0.39, 0.29) is 29.0 Å². The third kappa shape index (κ3) is 2.63. The molecule has 0 aliphatic heterocycles. The van der Waals surface area contributed by atoms with E-state index in [2.05, 4.69) is 0 Å². The van der Waals surface area contributed by atoms with E-state index in [1.165, 1.54) is 17.7 Å². The standard InChI is InChI=1S/C17H13F2NO3/c1-20-13-8-12(18)15(19)16(11(13)7-14(20)17(21)22)23-9-10-5-3-2-4-6-10/h2-8H,9H2,1H3,(H,21,22). The fourth-order valence-corrected chi connectivity index (χ4v) is 2.46. The fraction of sp³-hybridized carbons (Fsp3) is 0.118. The van der Waals surface area contributed by atoms with Gasteiger partial charge in [-0.15, -0.1) is 0 Å². The molecule has 0 fully saturated rings. The zero-order chi connectivity index (χ0) is 16.6. The maximum atomic E-state index is 14.1. The molecule has 3 aromatic rings. The van der Waals surface area contributed by atoms with Gasteiger partial charge in [0.1, 0.15) is 12.3 Å². The van der Waals surface area contributed by atoms with E-state index >= 15 is 0 Å². The molecule has 0 radical (unpaired) electrons.